The molecule has 7 heteroatoms. The molecule has 1 aliphatic heterocycles. The first kappa shape index (κ1) is 16.1. The van der Waals surface area contributed by atoms with Crippen LogP contribution in [0.15, 0.2) is 18.2 Å². The molecule has 0 saturated carbocycles. The molecule has 2 rings (SSSR count). The molecule has 0 spiro atoms. The maximum atomic E-state index is 12.2. The van der Waals surface area contributed by atoms with Gasteiger partial charge in [0.25, 0.3) is 5.91 Å². The molecule has 22 heavy (non-hydrogen) atoms. The summed E-state index contributed by atoms with van der Waals surface area (Å²) >= 11 is 0. The fourth-order valence-electron chi connectivity index (χ4n) is 2.32. The van der Waals surface area contributed by atoms with Gasteiger partial charge in [-0.1, -0.05) is 6.42 Å². The molecule has 1 heterocycles. The monoisotopic (exact) mass is 307 g/mol. The number of benzene rings is 1. The fraction of sp³-hybridized carbons (Fsp3) is 0.467. The van der Waals surface area contributed by atoms with Gasteiger partial charge in [-0.05, 0) is 31.5 Å². The van der Waals surface area contributed by atoms with E-state index in [4.69, 9.17) is 15.2 Å². The van der Waals surface area contributed by atoms with E-state index < -0.39 is 5.91 Å². The molecule has 2 amide bonds. The number of carbonyl (C=O) groups is 2. The molecular weight excluding hydrogens is 286 g/mol. The van der Waals surface area contributed by atoms with Gasteiger partial charge < -0.3 is 25.8 Å². The van der Waals surface area contributed by atoms with E-state index in [9.17, 15) is 9.59 Å². The van der Waals surface area contributed by atoms with Gasteiger partial charge in [-0.3, -0.25) is 9.59 Å². The Morgan fingerprint density at radius 2 is 2.18 bits per heavy atom. The summed E-state index contributed by atoms with van der Waals surface area (Å²) in [4.78, 5) is 23.0. The maximum Gasteiger partial charge on any atom is 0.255 e. The van der Waals surface area contributed by atoms with E-state index in [2.05, 4.69) is 10.6 Å². The first-order chi connectivity index (χ1) is 10.6. The van der Waals surface area contributed by atoms with Crippen LogP contribution >= 0.6 is 0 Å². The van der Waals surface area contributed by atoms with E-state index >= 15 is 0 Å². The van der Waals surface area contributed by atoms with Crippen molar-refractivity contribution >= 4 is 17.5 Å². The number of hydrogen-bond donors (Lipinski definition) is 3. The number of carbonyl (C=O) groups excluding carboxylic acids is 2. The third-order valence-corrected chi connectivity index (χ3v) is 3.43. The summed E-state index contributed by atoms with van der Waals surface area (Å²) < 4.78 is 10.4. The molecule has 0 aliphatic carbocycles. The van der Waals surface area contributed by atoms with Gasteiger partial charge in [0.05, 0.1) is 13.2 Å². The Labute approximate surface area is 129 Å². The Morgan fingerprint density at radius 3 is 2.82 bits per heavy atom. The number of ether oxygens (including phenoxy) is 2. The standard InChI is InChI=1S/C15H21N3O4/c1-21-12-6-5-10(8-13(12)22-9-14(16)19)18-15(20)11-4-2-3-7-17-11/h5-6,8,11,17H,2-4,7,9H2,1H3,(H2,16,19)(H,18,20). The van der Waals surface area contributed by atoms with Crippen LogP contribution in [0.3, 0.4) is 0 Å². The minimum absolute atomic E-state index is 0.0780. The van der Waals surface area contributed by atoms with Crippen molar-refractivity contribution in [3.05, 3.63) is 18.2 Å². The number of methoxy groups -OCH3 is 1. The molecule has 0 aromatic heterocycles. The van der Waals surface area contributed by atoms with Crippen LogP contribution < -0.4 is 25.8 Å². The van der Waals surface area contributed by atoms with Gasteiger partial charge >= 0.3 is 0 Å². The minimum Gasteiger partial charge on any atom is -0.493 e. The normalized spacial score (nSPS) is 17.6. The zero-order valence-electron chi connectivity index (χ0n) is 12.6. The van der Waals surface area contributed by atoms with E-state index in [0.717, 1.165) is 25.8 Å². The minimum atomic E-state index is -0.581. The van der Waals surface area contributed by atoms with E-state index in [1.165, 1.54) is 7.11 Å². The van der Waals surface area contributed by atoms with Crippen LogP contribution in [0.2, 0.25) is 0 Å². The largest absolute Gasteiger partial charge is 0.493 e. The van der Waals surface area contributed by atoms with E-state index in [0.29, 0.717) is 17.2 Å². The number of rotatable bonds is 6. The molecule has 1 aromatic carbocycles. The molecule has 120 valence electrons. The predicted molar refractivity (Wildman–Crippen MR) is 82.0 cm³/mol. The van der Waals surface area contributed by atoms with Crippen molar-refractivity contribution in [2.45, 2.75) is 25.3 Å². The summed E-state index contributed by atoms with van der Waals surface area (Å²) in [7, 11) is 1.50. The third-order valence-electron chi connectivity index (χ3n) is 3.43. The van der Waals surface area contributed by atoms with Crippen molar-refractivity contribution in [1.82, 2.24) is 5.32 Å². The number of nitrogens with one attached hydrogen (secondary N) is 2. The Bertz CT molecular complexity index is 542. The van der Waals surface area contributed by atoms with Crippen molar-refractivity contribution in [3.63, 3.8) is 0 Å². The first-order valence-corrected chi connectivity index (χ1v) is 7.23. The Morgan fingerprint density at radius 1 is 1.36 bits per heavy atom. The summed E-state index contributed by atoms with van der Waals surface area (Å²) in [5.74, 6) is 0.166. The lowest BCUT2D eigenvalue weighted by molar-refractivity contribution is -0.120. The lowest BCUT2D eigenvalue weighted by Crippen LogP contribution is -2.43. The van der Waals surface area contributed by atoms with Crippen LogP contribution in [0.1, 0.15) is 19.3 Å². The van der Waals surface area contributed by atoms with Crippen molar-refractivity contribution in [2.75, 3.05) is 25.6 Å². The van der Waals surface area contributed by atoms with E-state index in [1.54, 1.807) is 18.2 Å². The summed E-state index contributed by atoms with van der Waals surface area (Å²) in [6.45, 7) is 0.603. The van der Waals surface area contributed by atoms with Crippen molar-refractivity contribution < 1.29 is 19.1 Å². The molecule has 1 atom stereocenters. The van der Waals surface area contributed by atoms with Gasteiger partial charge in [0.2, 0.25) is 5.91 Å². The molecule has 1 fully saturated rings. The molecule has 1 aliphatic rings. The summed E-state index contributed by atoms with van der Waals surface area (Å²) in [6.07, 6.45) is 2.96. The molecule has 0 bridgehead atoms. The van der Waals surface area contributed by atoms with Gasteiger partial charge in [-0.15, -0.1) is 0 Å². The van der Waals surface area contributed by atoms with Crippen molar-refractivity contribution in [2.24, 2.45) is 5.73 Å². The Hall–Kier alpha value is -2.28. The lowest BCUT2D eigenvalue weighted by Gasteiger charge is -2.22. The van der Waals surface area contributed by atoms with Crippen LogP contribution in [0.4, 0.5) is 5.69 Å². The number of hydrogen-bond acceptors (Lipinski definition) is 5. The molecule has 7 nitrogen and oxygen atoms in total. The van der Waals surface area contributed by atoms with Gasteiger partial charge in [-0.2, -0.15) is 0 Å². The number of amides is 2. The topological polar surface area (TPSA) is 103 Å². The van der Waals surface area contributed by atoms with Crippen LogP contribution in [0.25, 0.3) is 0 Å². The lowest BCUT2D eigenvalue weighted by atomic mass is 10.0. The predicted octanol–water partition coefficient (Wildman–Crippen LogP) is 0.640. The molecule has 1 unspecified atom stereocenters. The van der Waals surface area contributed by atoms with E-state index in [1.807, 2.05) is 0 Å². The highest BCUT2D eigenvalue weighted by Gasteiger charge is 2.20. The highest BCUT2D eigenvalue weighted by atomic mass is 16.5. The molecule has 0 radical (unpaired) electrons. The Kier molecular flexibility index (Phi) is 5.60. The first-order valence-electron chi connectivity index (χ1n) is 7.23. The van der Waals surface area contributed by atoms with Gasteiger partial charge in [0.1, 0.15) is 0 Å². The van der Waals surface area contributed by atoms with Gasteiger partial charge in [0, 0.05) is 11.8 Å². The number of nitrogens with two attached hydrogens (primary N) is 1. The molecule has 1 aromatic rings. The van der Waals surface area contributed by atoms with E-state index in [-0.39, 0.29) is 18.6 Å². The van der Waals surface area contributed by atoms with Crippen molar-refractivity contribution in [1.29, 1.82) is 0 Å². The number of piperidine rings is 1. The second-order valence-electron chi connectivity index (χ2n) is 5.11. The van der Waals surface area contributed by atoms with Crippen LogP contribution in [-0.4, -0.2) is 38.1 Å². The van der Waals surface area contributed by atoms with Gasteiger partial charge in [-0.25, -0.2) is 0 Å². The number of primary amides is 1. The third kappa shape index (κ3) is 4.36. The summed E-state index contributed by atoms with van der Waals surface area (Å²) in [5.41, 5.74) is 5.65. The second-order valence-corrected chi connectivity index (χ2v) is 5.11. The summed E-state index contributed by atoms with van der Waals surface area (Å²) in [6, 6.07) is 4.82. The zero-order chi connectivity index (χ0) is 15.9. The highest BCUT2D eigenvalue weighted by Crippen LogP contribution is 2.30. The molecule has 4 N–H and O–H groups in total. The van der Waals surface area contributed by atoms with Crippen LogP contribution in [0, 0.1) is 0 Å². The zero-order valence-corrected chi connectivity index (χ0v) is 12.6. The Balaban J connectivity index is 2.05. The van der Waals surface area contributed by atoms with Crippen LogP contribution in [0.5, 0.6) is 11.5 Å². The van der Waals surface area contributed by atoms with Crippen molar-refractivity contribution in [3.8, 4) is 11.5 Å². The number of anilines is 1. The average molecular weight is 307 g/mol. The SMILES string of the molecule is COc1ccc(NC(=O)C2CCCCN2)cc1OCC(N)=O. The maximum absolute atomic E-state index is 12.2. The van der Waals surface area contributed by atoms with Crippen LogP contribution in [-0.2, 0) is 9.59 Å². The molecular formula is C15H21N3O4. The smallest absolute Gasteiger partial charge is 0.255 e. The second kappa shape index (κ2) is 7.65. The fourth-order valence-corrected chi connectivity index (χ4v) is 2.32. The molecule has 1 saturated heterocycles. The summed E-state index contributed by atoms with van der Waals surface area (Å²) in [5, 5.41) is 6.03. The highest BCUT2D eigenvalue weighted by molar-refractivity contribution is 5.95. The average Bonchev–Trinajstić information content (AvgIpc) is 2.54. The quantitative estimate of drug-likeness (QED) is 0.715. The van der Waals surface area contributed by atoms with Gasteiger partial charge in [0.15, 0.2) is 18.1 Å².